The summed E-state index contributed by atoms with van der Waals surface area (Å²) in [7, 11) is 0. The fraction of sp³-hybridized carbons (Fsp3) is 0.0556. The molecule has 1 amide bonds. The van der Waals surface area contributed by atoms with E-state index in [9.17, 15) is 22.4 Å². The van der Waals surface area contributed by atoms with E-state index < -0.39 is 23.5 Å². The van der Waals surface area contributed by atoms with Gasteiger partial charge in [0, 0.05) is 18.1 Å². The Morgan fingerprint density at radius 2 is 1.67 bits per heavy atom. The van der Waals surface area contributed by atoms with E-state index >= 15 is 0 Å². The van der Waals surface area contributed by atoms with Gasteiger partial charge in [0.25, 0.3) is 5.91 Å². The summed E-state index contributed by atoms with van der Waals surface area (Å²) in [6.07, 6.45) is -2.11. The van der Waals surface area contributed by atoms with Crippen molar-refractivity contribution in [2.24, 2.45) is 0 Å². The molecule has 5 nitrogen and oxygen atoms in total. The molecular weight excluding hydrogens is 364 g/mol. The molecule has 0 atom stereocenters. The lowest BCUT2D eigenvalue weighted by Gasteiger charge is -2.10. The third-order valence-corrected chi connectivity index (χ3v) is 3.48. The van der Waals surface area contributed by atoms with Gasteiger partial charge in [-0.1, -0.05) is 18.2 Å². The van der Waals surface area contributed by atoms with Crippen molar-refractivity contribution >= 4 is 23.2 Å². The summed E-state index contributed by atoms with van der Waals surface area (Å²) in [5.41, 5.74) is -0.594. The number of carbonyl (C=O) groups is 1. The molecule has 0 unspecified atom stereocenters. The molecule has 0 spiro atoms. The first kappa shape index (κ1) is 18.3. The molecule has 138 valence electrons. The first-order valence-corrected chi connectivity index (χ1v) is 7.65. The highest BCUT2D eigenvalue weighted by Crippen LogP contribution is 2.31. The zero-order valence-corrected chi connectivity index (χ0v) is 13.6. The lowest BCUT2D eigenvalue weighted by molar-refractivity contribution is -0.137. The van der Waals surface area contributed by atoms with Gasteiger partial charge in [-0.3, -0.25) is 4.79 Å². The Bertz CT molecular complexity index is 958. The van der Waals surface area contributed by atoms with Crippen LogP contribution < -0.4 is 10.6 Å². The molecule has 0 aliphatic heterocycles. The number of hydrogen-bond donors (Lipinski definition) is 2. The van der Waals surface area contributed by atoms with Crippen LogP contribution in [0, 0.1) is 5.82 Å². The van der Waals surface area contributed by atoms with Crippen molar-refractivity contribution in [3.63, 3.8) is 0 Å². The second kappa shape index (κ2) is 7.40. The zero-order valence-electron chi connectivity index (χ0n) is 13.6. The van der Waals surface area contributed by atoms with Crippen LogP contribution in [0.2, 0.25) is 0 Å². The number of nitrogens with zero attached hydrogens (tertiary/aromatic N) is 2. The van der Waals surface area contributed by atoms with Crippen molar-refractivity contribution < 1.29 is 22.4 Å². The molecule has 0 radical (unpaired) electrons. The number of amides is 1. The molecule has 9 heteroatoms. The number of carbonyl (C=O) groups excluding carboxylic acids is 1. The molecule has 0 aliphatic rings. The monoisotopic (exact) mass is 376 g/mol. The zero-order chi connectivity index (χ0) is 19.4. The van der Waals surface area contributed by atoms with Gasteiger partial charge in [-0.25, -0.2) is 14.4 Å². The van der Waals surface area contributed by atoms with Crippen LogP contribution in [0.25, 0.3) is 0 Å². The number of benzene rings is 2. The van der Waals surface area contributed by atoms with Crippen molar-refractivity contribution in [1.29, 1.82) is 0 Å². The molecule has 2 N–H and O–H groups in total. The molecule has 2 aromatic carbocycles. The predicted molar refractivity (Wildman–Crippen MR) is 91.1 cm³/mol. The summed E-state index contributed by atoms with van der Waals surface area (Å²) in [4.78, 5) is 19.9. The van der Waals surface area contributed by atoms with Gasteiger partial charge in [0.15, 0.2) is 0 Å². The van der Waals surface area contributed by atoms with Crippen LogP contribution in [0.3, 0.4) is 0 Å². The molecule has 0 saturated heterocycles. The maximum absolute atomic E-state index is 13.6. The van der Waals surface area contributed by atoms with Crippen molar-refractivity contribution in [3.05, 3.63) is 77.9 Å². The van der Waals surface area contributed by atoms with E-state index in [0.29, 0.717) is 0 Å². The molecule has 1 heterocycles. The maximum Gasteiger partial charge on any atom is 0.416 e. The topological polar surface area (TPSA) is 66.9 Å². The van der Waals surface area contributed by atoms with Gasteiger partial charge in [0.05, 0.1) is 16.8 Å². The highest BCUT2D eigenvalue weighted by Gasteiger charge is 2.30. The molecule has 3 aromatic rings. The first-order chi connectivity index (χ1) is 12.8. The van der Waals surface area contributed by atoms with Crippen molar-refractivity contribution in [2.45, 2.75) is 6.18 Å². The van der Waals surface area contributed by atoms with Crippen LogP contribution in [-0.4, -0.2) is 15.9 Å². The van der Waals surface area contributed by atoms with Gasteiger partial charge >= 0.3 is 6.18 Å². The summed E-state index contributed by atoms with van der Waals surface area (Å²) in [5, 5.41) is 5.01. The fourth-order valence-electron chi connectivity index (χ4n) is 2.17. The first-order valence-electron chi connectivity index (χ1n) is 7.65. The van der Waals surface area contributed by atoms with E-state index in [2.05, 4.69) is 20.6 Å². The normalized spacial score (nSPS) is 11.1. The Kier molecular flexibility index (Phi) is 5.02. The summed E-state index contributed by atoms with van der Waals surface area (Å²) in [6, 6.07) is 10.2. The molecule has 27 heavy (non-hydrogen) atoms. The van der Waals surface area contributed by atoms with Crippen LogP contribution in [0.4, 0.5) is 34.9 Å². The number of nitrogens with one attached hydrogen (secondary N) is 2. The quantitative estimate of drug-likeness (QED) is 0.652. The third-order valence-electron chi connectivity index (χ3n) is 3.48. The van der Waals surface area contributed by atoms with Crippen LogP contribution in [0.15, 0.2) is 60.9 Å². The standard InChI is InChI=1S/C18H12F4N4O/c19-14-6-1-2-7-15(14)26-16(27)11-9-23-17(24-10-11)25-13-5-3-4-12(8-13)18(20,21)22/h1-10H,(H,26,27)(H,23,24,25). The number of rotatable bonds is 4. The molecule has 3 rings (SSSR count). The van der Waals surface area contributed by atoms with Gasteiger partial charge in [-0.15, -0.1) is 0 Å². The molecule has 1 aromatic heterocycles. The lowest BCUT2D eigenvalue weighted by Crippen LogP contribution is -2.14. The van der Waals surface area contributed by atoms with Gasteiger partial charge < -0.3 is 10.6 Å². The van der Waals surface area contributed by atoms with Crippen LogP contribution in [-0.2, 0) is 6.18 Å². The Morgan fingerprint density at radius 1 is 0.963 bits per heavy atom. The number of aromatic nitrogens is 2. The molecule has 0 bridgehead atoms. The van der Waals surface area contributed by atoms with E-state index in [-0.39, 0.29) is 22.9 Å². The largest absolute Gasteiger partial charge is 0.416 e. The van der Waals surface area contributed by atoms with Gasteiger partial charge in [-0.2, -0.15) is 13.2 Å². The van der Waals surface area contributed by atoms with E-state index in [1.54, 1.807) is 6.07 Å². The number of para-hydroxylation sites is 1. The Hall–Kier alpha value is -3.49. The minimum absolute atomic E-state index is 0.00803. The molecular formula is C18H12F4N4O. The number of alkyl halides is 3. The van der Waals surface area contributed by atoms with Crippen LogP contribution in [0.1, 0.15) is 15.9 Å². The Morgan fingerprint density at radius 3 is 2.33 bits per heavy atom. The molecule has 0 saturated carbocycles. The Balaban J connectivity index is 1.70. The lowest BCUT2D eigenvalue weighted by atomic mass is 10.2. The highest BCUT2D eigenvalue weighted by atomic mass is 19.4. The van der Waals surface area contributed by atoms with E-state index in [1.807, 2.05) is 0 Å². The second-order valence-corrected chi connectivity index (χ2v) is 5.43. The third kappa shape index (κ3) is 4.57. The summed E-state index contributed by atoms with van der Waals surface area (Å²) >= 11 is 0. The minimum Gasteiger partial charge on any atom is -0.324 e. The average Bonchev–Trinajstić information content (AvgIpc) is 2.64. The van der Waals surface area contributed by atoms with E-state index in [0.717, 1.165) is 12.1 Å². The fourth-order valence-corrected chi connectivity index (χ4v) is 2.17. The van der Waals surface area contributed by atoms with Gasteiger partial charge in [0.1, 0.15) is 5.82 Å². The number of hydrogen-bond acceptors (Lipinski definition) is 4. The average molecular weight is 376 g/mol. The summed E-state index contributed by atoms with van der Waals surface area (Å²) in [5.74, 6) is -1.20. The smallest absolute Gasteiger partial charge is 0.324 e. The van der Waals surface area contributed by atoms with Gasteiger partial charge in [0.2, 0.25) is 5.95 Å². The van der Waals surface area contributed by atoms with Crippen molar-refractivity contribution in [1.82, 2.24) is 9.97 Å². The van der Waals surface area contributed by atoms with E-state index in [4.69, 9.17) is 0 Å². The highest BCUT2D eigenvalue weighted by molar-refractivity contribution is 6.03. The molecule has 0 fully saturated rings. The predicted octanol–water partition coefficient (Wildman–Crippen LogP) is 4.63. The van der Waals surface area contributed by atoms with Gasteiger partial charge in [-0.05, 0) is 30.3 Å². The summed E-state index contributed by atoms with van der Waals surface area (Å²) < 4.78 is 51.7. The van der Waals surface area contributed by atoms with Crippen LogP contribution >= 0.6 is 0 Å². The number of anilines is 3. The van der Waals surface area contributed by atoms with E-state index in [1.165, 1.54) is 42.7 Å². The minimum atomic E-state index is -4.47. The SMILES string of the molecule is O=C(Nc1ccccc1F)c1cnc(Nc2cccc(C(F)(F)F)c2)nc1. The van der Waals surface area contributed by atoms with Crippen molar-refractivity contribution in [2.75, 3.05) is 10.6 Å². The maximum atomic E-state index is 13.6. The number of halogens is 4. The molecule has 0 aliphatic carbocycles. The van der Waals surface area contributed by atoms with Crippen LogP contribution in [0.5, 0.6) is 0 Å². The second-order valence-electron chi connectivity index (χ2n) is 5.43. The summed E-state index contributed by atoms with van der Waals surface area (Å²) in [6.45, 7) is 0. The van der Waals surface area contributed by atoms with Crippen molar-refractivity contribution in [3.8, 4) is 0 Å². The Labute approximate surface area is 151 Å².